The van der Waals surface area contributed by atoms with Gasteiger partial charge in [0, 0.05) is 23.9 Å². The van der Waals surface area contributed by atoms with Crippen LogP contribution in [-0.4, -0.2) is 22.1 Å². The van der Waals surface area contributed by atoms with Crippen molar-refractivity contribution in [3.63, 3.8) is 0 Å². The third-order valence-electron chi connectivity index (χ3n) is 2.29. The smallest absolute Gasteiger partial charge is 0.341 e. The first kappa shape index (κ1) is 11.1. The Labute approximate surface area is 101 Å². The number of pyridine rings is 1. The van der Waals surface area contributed by atoms with Gasteiger partial charge in [0.15, 0.2) is 0 Å². The third kappa shape index (κ3) is 1.82. The Balaban J connectivity index is 2.59. The Kier molecular flexibility index (Phi) is 2.96. The molecule has 0 aliphatic carbocycles. The first-order valence-electron chi connectivity index (χ1n) is 4.91. The summed E-state index contributed by atoms with van der Waals surface area (Å²) in [6, 6.07) is 1.92. The number of hydrogen-bond acceptors (Lipinski definition) is 3. The fourth-order valence-corrected chi connectivity index (χ4v) is 1.91. The number of rotatable bonds is 2. The van der Waals surface area contributed by atoms with Gasteiger partial charge in [-0.2, -0.15) is 0 Å². The number of carbonyl (C=O) groups is 1. The van der Waals surface area contributed by atoms with Crippen LogP contribution >= 0.6 is 15.9 Å². The lowest BCUT2D eigenvalue weighted by Crippen LogP contribution is -2.04. The highest BCUT2D eigenvalue weighted by Crippen LogP contribution is 2.22. The lowest BCUT2D eigenvalue weighted by atomic mass is 10.3. The van der Waals surface area contributed by atoms with Gasteiger partial charge in [0.25, 0.3) is 0 Å². The molecule has 2 aromatic rings. The predicted molar refractivity (Wildman–Crippen MR) is 64.4 cm³/mol. The molecule has 0 fully saturated rings. The van der Waals surface area contributed by atoms with E-state index in [1.165, 1.54) is 0 Å². The Morgan fingerprint density at radius 2 is 2.38 bits per heavy atom. The van der Waals surface area contributed by atoms with Crippen LogP contribution in [0.4, 0.5) is 0 Å². The van der Waals surface area contributed by atoms with Crippen LogP contribution < -0.4 is 0 Å². The molecular formula is C11H11BrN2O2. The Hall–Kier alpha value is -1.36. The molecule has 0 aliphatic rings. The normalized spacial score (nSPS) is 10.7. The van der Waals surface area contributed by atoms with Gasteiger partial charge in [-0.1, -0.05) is 0 Å². The average molecular weight is 283 g/mol. The summed E-state index contributed by atoms with van der Waals surface area (Å²) in [5.74, 6) is -0.331. The predicted octanol–water partition coefficient (Wildman–Crippen LogP) is 2.51. The zero-order valence-electron chi connectivity index (χ0n) is 9.03. The van der Waals surface area contributed by atoms with E-state index in [1.807, 2.05) is 17.7 Å². The van der Waals surface area contributed by atoms with E-state index in [9.17, 15) is 4.79 Å². The minimum atomic E-state index is -0.331. The summed E-state index contributed by atoms with van der Waals surface area (Å²) < 4.78 is 7.72. The van der Waals surface area contributed by atoms with E-state index in [0.717, 1.165) is 9.99 Å². The molecule has 0 bridgehead atoms. The number of carbonyl (C=O) groups excluding carboxylic acids is 1. The number of nitrogens with zero attached hydrogens (tertiary/aromatic N) is 2. The summed E-state index contributed by atoms with van der Waals surface area (Å²) in [5, 5.41) is 0. The van der Waals surface area contributed by atoms with Crippen molar-refractivity contribution in [2.24, 2.45) is 7.05 Å². The molecule has 0 amide bonds. The molecule has 0 saturated carbocycles. The maximum Gasteiger partial charge on any atom is 0.341 e. The van der Waals surface area contributed by atoms with Gasteiger partial charge >= 0.3 is 5.97 Å². The van der Waals surface area contributed by atoms with Gasteiger partial charge in [0.05, 0.1) is 12.1 Å². The van der Waals surface area contributed by atoms with Crippen molar-refractivity contribution in [1.29, 1.82) is 0 Å². The SMILES string of the molecule is CCOC(=O)c1cn(C)c2cc(Br)cnc12. The largest absolute Gasteiger partial charge is 0.462 e. The van der Waals surface area contributed by atoms with Crippen LogP contribution in [0.2, 0.25) is 0 Å². The van der Waals surface area contributed by atoms with Gasteiger partial charge in [0.2, 0.25) is 0 Å². The van der Waals surface area contributed by atoms with Crippen molar-refractivity contribution in [3.8, 4) is 0 Å². The summed E-state index contributed by atoms with van der Waals surface area (Å²) >= 11 is 3.35. The average Bonchev–Trinajstić information content (AvgIpc) is 2.56. The zero-order valence-corrected chi connectivity index (χ0v) is 10.6. The van der Waals surface area contributed by atoms with Crippen LogP contribution in [0.3, 0.4) is 0 Å². The van der Waals surface area contributed by atoms with Crippen LogP contribution in [0.15, 0.2) is 22.9 Å². The lowest BCUT2D eigenvalue weighted by Gasteiger charge is -1.98. The summed E-state index contributed by atoms with van der Waals surface area (Å²) in [6.45, 7) is 2.15. The Bertz CT molecular complexity index is 548. The molecule has 2 heterocycles. The Morgan fingerprint density at radius 1 is 1.62 bits per heavy atom. The molecule has 0 unspecified atom stereocenters. The quantitative estimate of drug-likeness (QED) is 0.795. The summed E-state index contributed by atoms with van der Waals surface area (Å²) in [5.41, 5.74) is 2.08. The highest BCUT2D eigenvalue weighted by atomic mass is 79.9. The standard InChI is InChI=1S/C11H11BrN2O2/c1-3-16-11(15)8-6-14(2)9-4-7(12)5-13-10(8)9/h4-6H,3H2,1-2H3. The molecule has 0 aliphatic heterocycles. The van der Waals surface area contributed by atoms with E-state index in [4.69, 9.17) is 4.74 Å². The van der Waals surface area contributed by atoms with Gasteiger partial charge in [-0.15, -0.1) is 0 Å². The minimum absolute atomic E-state index is 0.331. The molecule has 4 nitrogen and oxygen atoms in total. The van der Waals surface area contributed by atoms with E-state index >= 15 is 0 Å². The topological polar surface area (TPSA) is 44.1 Å². The number of esters is 1. The summed E-state index contributed by atoms with van der Waals surface area (Å²) in [7, 11) is 1.87. The van der Waals surface area contributed by atoms with Crippen LogP contribution in [-0.2, 0) is 11.8 Å². The fraction of sp³-hybridized carbons (Fsp3) is 0.273. The third-order valence-corrected chi connectivity index (χ3v) is 2.72. The molecule has 84 valence electrons. The molecule has 0 N–H and O–H groups in total. The van der Waals surface area contributed by atoms with Crippen LogP contribution in [0.5, 0.6) is 0 Å². The zero-order chi connectivity index (χ0) is 11.7. The second kappa shape index (κ2) is 4.25. The Morgan fingerprint density at radius 3 is 3.06 bits per heavy atom. The number of halogens is 1. The van der Waals surface area contributed by atoms with Gasteiger partial charge < -0.3 is 9.30 Å². The number of aromatic nitrogens is 2. The van der Waals surface area contributed by atoms with Crippen molar-refractivity contribution in [1.82, 2.24) is 9.55 Å². The maximum absolute atomic E-state index is 11.7. The van der Waals surface area contributed by atoms with Crippen LogP contribution in [0.1, 0.15) is 17.3 Å². The first-order valence-corrected chi connectivity index (χ1v) is 5.70. The molecule has 2 rings (SSSR count). The van der Waals surface area contributed by atoms with Crippen molar-refractivity contribution < 1.29 is 9.53 Å². The highest BCUT2D eigenvalue weighted by Gasteiger charge is 2.15. The van der Waals surface area contributed by atoms with Gasteiger partial charge in [0.1, 0.15) is 11.1 Å². The number of ether oxygens (including phenoxy) is 1. The second-order valence-electron chi connectivity index (χ2n) is 3.40. The van der Waals surface area contributed by atoms with E-state index in [0.29, 0.717) is 17.7 Å². The molecule has 0 spiro atoms. The molecular weight excluding hydrogens is 272 g/mol. The van der Waals surface area contributed by atoms with Crippen LogP contribution in [0.25, 0.3) is 11.0 Å². The van der Waals surface area contributed by atoms with Crippen molar-refractivity contribution in [2.45, 2.75) is 6.92 Å². The van der Waals surface area contributed by atoms with Crippen molar-refractivity contribution in [3.05, 3.63) is 28.5 Å². The molecule has 0 radical (unpaired) electrons. The molecule has 0 atom stereocenters. The van der Waals surface area contributed by atoms with Crippen molar-refractivity contribution in [2.75, 3.05) is 6.61 Å². The van der Waals surface area contributed by atoms with Gasteiger partial charge in [-0.3, -0.25) is 4.98 Å². The highest BCUT2D eigenvalue weighted by molar-refractivity contribution is 9.10. The molecule has 0 aromatic carbocycles. The van der Waals surface area contributed by atoms with E-state index in [2.05, 4.69) is 20.9 Å². The fourth-order valence-electron chi connectivity index (χ4n) is 1.59. The maximum atomic E-state index is 11.7. The molecule has 5 heteroatoms. The van der Waals surface area contributed by atoms with E-state index < -0.39 is 0 Å². The summed E-state index contributed by atoms with van der Waals surface area (Å²) in [6.07, 6.45) is 3.41. The minimum Gasteiger partial charge on any atom is -0.462 e. The van der Waals surface area contributed by atoms with Gasteiger partial charge in [-0.25, -0.2) is 4.79 Å². The van der Waals surface area contributed by atoms with Crippen molar-refractivity contribution >= 4 is 32.9 Å². The van der Waals surface area contributed by atoms with E-state index in [-0.39, 0.29) is 5.97 Å². The number of fused-ring (bicyclic) bond motifs is 1. The molecule has 0 saturated heterocycles. The monoisotopic (exact) mass is 282 g/mol. The van der Waals surface area contributed by atoms with E-state index in [1.54, 1.807) is 19.3 Å². The number of aryl methyl sites for hydroxylation is 1. The molecule has 16 heavy (non-hydrogen) atoms. The molecule has 2 aromatic heterocycles. The second-order valence-corrected chi connectivity index (χ2v) is 4.31. The lowest BCUT2D eigenvalue weighted by molar-refractivity contribution is 0.0528. The summed E-state index contributed by atoms with van der Waals surface area (Å²) in [4.78, 5) is 15.9. The van der Waals surface area contributed by atoms with Crippen LogP contribution in [0, 0.1) is 0 Å². The first-order chi connectivity index (χ1) is 7.63. The van der Waals surface area contributed by atoms with Gasteiger partial charge in [-0.05, 0) is 28.9 Å². The number of hydrogen-bond donors (Lipinski definition) is 0.